The van der Waals surface area contributed by atoms with Crippen LogP contribution in [0.3, 0.4) is 0 Å². The zero-order valence-electron chi connectivity index (χ0n) is 10.6. The van der Waals surface area contributed by atoms with Crippen LogP contribution in [-0.4, -0.2) is 18.0 Å². The molecular formula is C13H18Cl2N2O. The van der Waals surface area contributed by atoms with Crippen molar-refractivity contribution in [3.63, 3.8) is 0 Å². The molecule has 1 aromatic carbocycles. The number of nitrogens with one attached hydrogen (secondary N) is 1. The second kappa shape index (κ2) is 6.41. The highest BCUT2D eigenvalue weighted by molar-refractivity contribution is 6.35. The minimum atomic E-state index is -0.816. The quantitative estimate of drug-likeness (QED) is 0.875. The average Bonchev–Trinajstić information content (AvgIpc) is 2.31. The second-order valence-electron chi connectivity index (χ2n) is 4.51. The molecule has 0 spiro atoms. The summed E-state index contributed by atoms with van der Waals surface area (Å²) < 4.78 is 0. The molecule has 1 rings (SSSR count). The first kappa shape index (κ1) is 15.3. The molecule has 0 aliphatic heterocycles. The van der Waals surface area contributed by atoms with Crippen molar-refractivity contribution in [2.75, 3.05) is 6.54 Å². The SMILES string of the molecule is CCC(C)(N)C(=O)NCCc1ccc(Cl)cc1Cl. The van der Waals surface area contributed by atoms with Crippen LogP contribution in [-0.2, 0) is 11.2 Å². The fourth-order valence-electron chi connectivity index (χ4n) is 1.40. The molecule has 5 heteroatoms. The highest BCUT2D eigenvalue weighted by Crippen LogP contribution is 2.21. The molecular weight excluding hydrogens is 271 g/mol. The third kappa shape index (κ3) is 4.16. The van der Waals surface area contributed by atoms with Gasteiger partial charge < -0.3 is 11.1 Å². The van der Waals surface area contributed by atoms with E-state index in [0.717, 1.165) is 5.56 Å². The second-order valence-corrected chi connectivity index (χ2v) is 5.36. The summed E-state index contributed by atoms with van der Waals surface area (Å²) in [7, 11) is 0. The molecule has 0 saturated heterocycles. The molecule has 3 nitrogen and oxygen atoms in total. The van der Waals surface area contributed by atoms with Gasteiger partial charge in [0, 0.05) is 16.6 Å². The number of hydrogen-bond donors (Lipinski definition) is 2. The van der Waals surface area contributed by atoms with Crippen molar-refractivity contribution in [2.24, 2.45) is 5.73 Å². The fourth-order valence-corrected chi connectivity index (χ4v) is 1.90. The molecule has 0 aliphatic rings. The van der Waals surface area contributed by atoms with Crippen molar-refractivity contribution in [1.29, 1.82) is 0 Å². The van der Waals surface area contributed by atoms with Gasteiger partial charge >= 0.3 is 0 Å². The lowest BCUT2D eigenvalue weighted by atomic mass is 9.99. The number of rotatable bonds is 5. The predicted octanol–water partition coefficient (Wildman–Crippen LogP) is 2.78. The first-order valence-electron chi connectivity index (χ1n) is 5.88. The van der Waals surface area contributed by atoms with Gasteiger partial charge in [0.2, 0.25) is 5.91 Å². The summed E-state index contributed by atoms with van der Waals surface area (Å²) in [4.78, 5) is 11.7. The van der Waals surface area contributed by atoms with Crippen molar-refractivity contribution in [1.82, 2.24) is 5.32 Å². The van der Waals surface area contributed by atoms with Gasteiger partial charge in [-0.05, 0) is 37.5 Å². The number of amides is 1. The van der Waals surface area contributed by atoms with Crippen molar-refractivity contribution >= 4 is 29.1 Å². The summed E-state index contributed by atoms with van der Waals surface area (Å²) in [6.07, 6.45) is 1.25. The van der Waals surface area contributed by atoms with E-state index < -0.39 is 5.54 Å². The number of halogens is 2. The largest absolute Gasteiger partial charge is 0.354 e. The van der Waals surface area contributed by atoms with Gasteiger partial charge in [-0.25, -0.2) is 0 Å². The van der Waals surface area contributed by atoms with Gasteiger partial charge in [0.15, 0.2) is 0 Å². The summed E-state index contributed by atoms with van der Waals surface area (Å²) >= 11 is 11.8. The minimum Gasteiger partial charge on any atom is -0.354 e. The van der Waals surface area contributed by atoms with Gasteiger partial charge in [-0.3, -0.25) is 4.79 Å². The van der Waals surface area contributed by atoms with E-state index in [-0.39, 0.29) is 5.91 Å². The Morgan fingerprint density at radius 1 is 1.44 bits per heavy atom. The van der Waals surface area contributed by atoms with Gasteiger partial charge in [-0.15, -0.1) is 0 Å². The van der Waals surface area contributed by atoms with Gasteiger partial charge in [-0.1, -0.05) is 36.2 Å². The topological polar surface area (TPSA) is 55.1 Å². The molecule has 0 aliphatic carbocycles. The minimum absolute atomic E-state index is 0.143. The molecule has 1 amide bonds. The summed E-state index contributed by atoms with van der Waals surface area (Å²) in [5.74, 6) is -0.143. The smallest absolute Gasteiger partial charge is 0.239 e. The lowest BCUT2D eigenvalue weighted by molar-refractivity contribution is -0.125. The Balaban J connectivity index is 2.50. The first-order chi connectivity index (χ1) is 8.36. The number of carbonyl (C=O) groups excluding carboxylic acids is 1. The number of hydrogen-bond acceptors (Lipinski definition) is 2. The zero-order valence-corrected chi connectivity index (χ0v) is 12.1. The van der Waals surface area contributed by atoms with Crippen LogP contribution in [0.15, 0.2) is 18.2 Å². The summed E-state index contributed by atoms with van der Waals surface area (Å²) in [5, 5.41) is 4.03. The van der Waals surface area contributed by atoms with Gasteiger partial charge in [0.1, 0.15) is 0 Å². The maximum Gasteiger partial charge on any atom is 0.239 e. The van der Waals surface area contributed by atoms with E-state index in [1.165, 1.54) is 0 Å². The van der Waals surface area contributed by atoms with E-state index in [2.05, 4.69) is 5.32 Å². The van der Waals surface area contributed by atoms with Crippen LogP contribution >= 0.6 is 23.2 Å². The molecule has 100 valence electrons. The lowest BCUT2D eigenvalue weighted by Gasteiger charge is -2.21. The van der Waals surface area contributed by atoms with E-state index >= 15 is 0 Å². The zero-order chi connectivity index (χ0) is 13.8. The van der Waals surface area contributed by atoms with Crippen LogP contribution in [0.25, 0.3) is 0 Å². The van der Waals surface area contributed by atoms with Crippen LogP contribution < -0.4 is 11.1 Å². The van der Waals surface area contributed by atoms with E-state index in [1.807, 2.05) is 13.0 Å². The molecule has 1 unspecified atom stereocenters. The molecule has 0 fully saturated rings. The molecule has 0 saturated carbocycles. The summed E-state index contributed by atoms with van der Waals surface area (Å²) in [5.41, 5.74) is 5.97. The molecule has 3 N–H and O–H groups in total. The van der Waals surface area contributed by atoms with Crippen molar-refractivity contribution < 1.29 is 4.79 Å². The number of carbonyl (C=O) groups is 1. The normalized spacial score (nSPS) is 14.1. The van der Waals surface area contributed by atoms with Gasteiger partial charge in [-0.2, -0.15) is 0 Å². The van der Waals surface area contributed by atoms with Crippen LogP contribution in [0.1, 0.15) is 25.8 Å². The van der Waals surface area contributed by atoms with E-state index in [1.54, 1.807) is 19.1 Å². The van der Waals surface area contributed by atoms with E-state index in [9.17, 15) is 4.79 Å². The average molecular weight is 289 g/mol. The fraction of sp³-hybridized carbons (Fsp3) is 0.462. The Kier molecular flexibility index (Phi) is 5.45. The lowest BCUT2D eigenvalue weighted by Crippen LogP contribution is -2.51. The summed E-state index contributed by atoms with van der Waals surface area (Å²) in [6, 6.07) is 5.33. The van der Waals surface area contributed by atoms with Crippen LogP contribution in [0.4, 0.5) is 0 Å². The Morgan fingerprint density at radius 2 is 2.11 bits per heavy atom. The van der Waals surface area contributed by atoms with Crippen LogP contribution in [0.2, 0.25) is 10.0 Å². The Morgan fingerprint density at radius 3 is 2.67 bits per heavy atom. The first-order valence-corrected chi connectivity index (χ1v) is 6.63. The Bertz CT molecular complexity index is 433. The highest BCUT2D eigenvalue weighted by atomic mass is 35.5. The Hall–Kier alpha value is -0.770. The molecule has 0 aromatic heterocycles. The third-order valence-corrected chi connectivity index (χ3v) is 3.54. The molecule has 0 heterocycles. The highest BCUT2D eigenvalue weighted by Gasteiger charge is 2.25. The molecule has 18 heavy (non-hydrogen) atoms. The number of nitrogens with two attached hydrogens (primary N) is 1. The Labute approximate surface area is 118 Å². The van der Waals surface area contributed by atoms with Crippen molar-refractivity contribution in [3.8, 4) is 0 Å². The van der Waals surface area contributed by atoms with Crippen LogP contribution in [0, 0.1) is 0 Å². The maximum atomic E-state index is 11.7. The molecule has 0 bridgehead atoms. The summed E-state index contributed by atoms with van der Waals surface area (Å²) in [6.45, 7) is 4.11. The predicted molar refractivity (Wildman–Crippen MR) is 76.1 cm³/mol. The van der Waals surface area contributed by atoms with Crippen LogP contribution in [0.5, 0.6) is 0 Å². The monoisotopic (exact) mass is 288 g/mol. The van der Waals surface area contributed by atoms with E-state index in [0.29, 0.717) is 29.4 Å². The van der Waals surface area contributed by atoms with Crippen molar-refractivity contribution in [3.05, 3.63) is 33.8 Å². The standard InChI is InChI=1S/C13H18Cl2N2O/c1-3-13(2,16)12(18)17-7-6-9-4-5-10(14)8-11(9)15/h4-5,8H,3,6-7,16H2,1-2H3,(H,17,18). The van der Waals surface area contributed by atoms with E-state index in [4.69, 9.17) is 28.9 Å². The third-order valence-electron chi connectivity index (χ3n) is 2.95. The maximum absolute atomic E-state index is 11.7. The van der Waals surface area contributed by atoms with Gasteiger partial charge in [0.25, 0.3) is 0 Å². The number of benzene rings is 1. The molecule has 0 radical (unpaired) electrons. The molecule has 1 aromatic rings. The van der Waals surface area contributed by atoms with Crippen molar-refractivity contribution in [2.45, 2.75) is 32.2 Å². The van der Waals surface area contributed by atoms with Gasteiger partial charge in [0.05, 0.1) is 5.54 Å². The molecule has 1 atom stereocenters.